The van der Waals surface area contributed by atoms with Crippen molar-refractivity contribution >= 4 is 0 Å². The van der Waals surface area contributed by atoms with Crippen molar-refractivity contribution in [3.63, 3.8) is 0 Å². The van der Waals surface area contributed by atoms with E-state index in [0.717, 1.165) is 30.8 Å². The van der Waals surface area contributed by atoms with E-state index in [-0.39, 0.29) is 5.82 Å². The Morgan fingerprint density at radius 1 is 1.26 bits per heavy atom. The van der Waals surface area contributed by atoms with Crippen molar-refractivity contribution in [1.82, 2.24) is 4.90 Å². The molecule has 0 spiro atoms. The molecule has 19 heavy (non-hydrogen) atoms. The predicted molar refractivity (Wildman–Crippen MR) is 76.3 cm³/mol. The molecule has 0 aliphatic heterocycles. The Morgan fingerprint density at radius 3 is 2.53 bits per heavy atom. The second kappa shape index (κ2) is 6.38. The van der Waals surface area contributed by atoms with Crippen molar-refractivity contribution in [3.05, 3.63) is 29.6 Å². The zero-order chi connectivity index (χ0) is 13.8. The molecular weight excluding hydrogens is 241 g/mol. The molecular formula is C16H24FNO. The number of halogens is 1. The first-order chi connectivity index (χ1) is 9.21. The number of ether oxygens (including phenoxy) is 1. The zero-order valence-corrected chi connectivity index (χ0v) is 12.2. The van der Waals surface area contributed by atoms with Gasteiger partial charge in [-0.25, -0.2) is 4.39 Å². The molecule has 106 valence electrons. The molecule has 2 nitrogen and oxygen atoms in total. The molecule has 0 saturated heterocycles. The third-order valence-electron chi connectivity index (χ3n) is 3.84. The lowest BCUT2D eigenvalue weighted by Gasteiger charge is -2.21. The molecule has 0 heterocycles. The van der Waals surface area contributed by atoms with Gasteiger partial charge in [0, 0.05) is 17.5 Å². The minimum Gasteiger partial charge on any atom is -0.496 e. The summed E-state index contributed by atoms with van der Waals surface area (Å²) in [5.74, 6) is 1.09. The van der Waals surface area contributed by atoms with E-state index in [1.807, 2.05) is 0 Å². The van der Waals surface area contributed by atoms with E-state index in [9.17, 15) is 4.39 Å². The SMILES string of the molecule is CCCN(CCC)[C@H]1C[C@@H]1c1cc(F)ccc1OC. The average molecular weight is 265 g/mol. The molecule has 1 aromatic rings. The van der Waals surface area contributed by atoms with Crippen LogP contribution in [0.4, 0.5) is 4.39 Å². The van der Waals surface area contributed by atoms with Gasteiger partial charge in [-0.1, -0.05) is 13.8 Å². The van der Waals surface area contributed by atoms with E-state index in [1.54, 1.807) is 19.2 Å². The summed E-state index contributed by atoms with van der Waals surface area (Å²) in [5.41, 5.74) is 1.03. The first-order valence-corrected chi connectivity index (χ1v) is 7.28. The molecule has 1 aromatic carbocycles. The standard InChI is InChI=1S/C16H24FNO/c1-4-8-18(9-5-2)15-11-13(15)14-10-12(17)6-7-16(14)19-3/h6-7,10,13,15H,4-5,8-9,11H2,1-3H3/t13-,15+/m1/s1. The van der Waals surface area contributed by atoms with Gasteiger partial charge in [0.25, 0.3) is 0 Å². The lowest BCUT2D eigenvalue weighted by atomic mass is 10.1. The molecule has 1 saturated carbocycles. The van der Waals surface area contributed by atoms with E-state index in [4.69, 9.17) is 4.74 Å². The Bertz CT molecular complexity index is 415. The second-order valence-corrected chi connectivity index (χ2v) is 5.33. The van der Waals surface area contributed by atoms with Crippen LogP contribution in [0.3, 0.4) is 0 Å². The Kier molecular flexibility index (Phi) is 4.81. The van der Waals surface area contributed by atoms with Crippen molar-refractivity contribution < 1.29 is 9.13 Å². The second-order valence-electron chi connectivity index (χ2n) is 5.33. The Labute approximate surface area is 115 Å². The van der Waals surface area contributed by atoms with Gasteiger partial charge in [0.05, 0.1) is 7.11 Å². The zero-order valence-electron chi connectivity index (χ0n) is 12.2. The highest BCUT2D eigenvalue weighted by Crippen LogP contribution is 2.48. The van der Waals surface area contributed by atoms with E-state index < -0.39 is 0 Å². The Balaban J connectivity index is 2.10. The third kappa shape index (κ3) is 3.27. The summed E-state index contributed by atoms with van der Waals surface area (Å²) in [6, 6.07) is 5.41. The summed E-state index contributed by atoms with van der Waals surface area (Å²) in [5, 5.41) is 0. The monoisotopic (exact) mass is 265 g/mol. The molecule has 0 amide bonds. The summed E-state index contributed by atoms with van der Waals surface area (Å²) in [7, 11) is 1.66. The topological polar surface area (TPSA) is 12.5 Å². The van der Waals surface area contributed by atoms with Gasteiger partial charge in [0.1, 0.15) is 11.6 Å². The first-order valence-electron chi connectivity index (χ1n) is 7.28. The Morgan fingerprint density at radius 2 is 1.95 bits per heavy atom. The molecule has 0 radical (unpaired) electrons. The van der Waals surface area contributed by atoms with E-state index in [1.165, 1.54) is 18.9 Å². The molecule has 1 aliphatic carbocycles. The lowest BCUT2D eigenvalue weighted by Crippen LogP contribution is -2.28. The molecule has 0 bridgehead atoms. The maximum Gasteiger partial charge on any atom is 0.123 e. The van der Waals surface area contributed by atoms with Crippen LogP contribution in [0.1, 0.15) is 44.6 Å². The van der Waals surface area contributed by atoms with Crippen LogP contribution < -0.4 is 4.74 Å². The molecule has 0 aromatic heterocycles. The predicted octanol–water partition coefficient (Wildman–Crippen LogP) is 3.81. The van der Waals surface area contributed by atoms with E-state index >= 15 is 0 Å². The number of nitrogens with zero attached hydrogens (tertiary/aromatic N) is 1. The van der Waals surface area contributed by atoms with Crippen LogP contribution in [-0.2, 0) is 0 Å². The van der Waals surface area contributed by atoms with Crippen molar-refractivity contribution in [2.75, 3.05) is 20.2 Å². The summed E-state index contributed by atoms with van der Waals surface area (Å²) < 4.78 is 18.8. The van der Waals surface area contributed by atoms with Gasteiger partial charge >= 0.3 is 0 Å². The Hall–Kier alpha value is -1.09. The van der Waals surface area contributed by atoms with Gasteiger partial charge in [-0.3, -0.25) is 4.90 Å². The van der Waals surface area contributed by atoms with Gasteiger partial charge in [-0.05, 0) is 50.6 Å². The lowest BCUT2D eigenvalue weighted by molar-refractivity contribution is 0.259. The minimum atomic E-state index is -0.168. The highest BCUT2D eigenvalue weighted by molar-refractivity contribution is 5.41. The van der Waals surface area contributed by atoms with Crippen molar-refractivity contribution in [2.24, 2.45) is 0 Å². The number of rotatable bonds is 7. The fourth-order valence-electron chi connectivity index (χ4n) is 2.93. The van der Waals surface area contributed by atoms with E-state index in [2.05, 4.69) is 18.7 Å². The fraction of sp³-hybridized carbons (Fsp3) is 0.625. The van der Waals surface area contributed by atoms with Crippen LogP contribution in [0.5, 0.6) is 5.75 Å². The van der Waals surface area contributed by atoms with Crippen LogP contribution in [-0.4, -0.2) is 31.1 Å². The van der Waals surface area contributed by atoms with Gasteiger partial charge < -0.3 is 4.74 Å². The summed E-state index contributed by atoms with van der Waals surface area (Å²) in [4.78, 5) is 2.54. The van der Waals surface area contributed by atoms with Crippen molar-refractivity contribution in [1.29, 1.82) is 0 Å². The van der Waals surface area contributed by atoms with Gasteiger partial charge in [-0.2, -0.15) is 0 Å². The largest absolute Gasteiger partial charge is 0.496 e. The van der Waals surface area contributed by atoms with Crippen LogP contribution in [0.15, 0.2) is 18.2 Å². The van der Waals surface area contributed by atoms with Crippen molar-refractivity contribution in [3.8, 4) is 5.75 Å². The summed E-state index contributed by atoms with van der Waals surface area (Å²) >= 11 is 0. The highest BCUT2D eigenvalue weighted by Gasteiger charge is 2.43. The summed E-state index contributed by atoms with van der Waals surface area (Å²) in [6.07, 6.45) is 3.47. The maximum absolute atomic E-state index is 13.4. The van der Waals surface area contributed by atoms with Gasteiger partial charge in [0.15, 0.2) is 0 Å². The van der Waals surface area contributed by atoms with Crippen LogP contribution in [0, 0.1) is 5.82 Å². The number of hydrogen-bond acceptors (Lipinski definition) is 2. The fourth-order valence-corrected chi connectivity index (χ4v) is 2.93. The smallest absolute Gasteiger partial charge is 0.123 e. The molecule has 1 fully saturated rings. The highest BCUT2D eigenvalue weighted by atomic mass is 19.1. The quantitative estimate of drug-likeness (QED) is 0.743. The summed E-state index contributed by atoms with van der Waals surface area (Å²) in [6.45, 7) is 6.69. The number of benzene rings is 1. The molecule has 0 unspecified atom stereocenters. The van der Waals surface area contributed by atoms with Crippen molar-refractivity contribution in [2.45, 2.75) is 45.1 Å². The third-order valence-corrected chi connectivity index (χ3v) is 3.84. The van der Waals surface area contributed by atoms with E-state index in [0.29, 0.717) is 12.0 Å². The number of hydrogen-bond donors (Lipinski definition) is 0. The molecule has 3 heteroatoms. The number of methoxy groups -OCH3 is 1. The van der Waals surface area contributed by atoms with Gasteiger partial charge in [-0.15, -0.1) is 0 Å². The normalized spacial score (nSPS) is 21.7. The molecule has 2 rings (SSSR count). The molecule has 0 N–H and O–H groups in total. The molecule has 2 atom stereocenters. The van der Waals surface area contributed by atoms with Crippen LogP contribution in [0.2, 0.25) is 0 Å². The van der Waals surface area contributed by atoms with Crippen LogP contribution in [0.25, 0.3) is 0 Å². The average Bonchev–Trinajstić information content (AvgIpc) is 3.18. The molecule has 1 aliphatic rings. The van der Waals surface area contributed by atoms with Gasteiger partial charge in [0.2, 0.25) is 0 Å². The van der Waals surface area contributed by atoms with Crippen LogP contribution >= 0.6 is 0 Å². The first kappa shape index (κ1) is 14.3. The maximum atomic E-state index is 13.4. The minimum absolute atomic E-state index is 0.168.